The smallest absolute Gasteiger partial charge is 0.254 e. The van der Waals surface area contributed by atoms with E-state index in [0.717, 1.165) is 5.76 Å². The molecule has 0 aliphatic carbocycles. The van der Waals surface area contributed by atoms with E-state index >= 15 is 0 Å². The molecule has 2 aromatic rings. The van der Waals surface area contributed by atoms with Crippen LogP contribution in [0.15, 0.2) is 59.7 Å². The van der Waals surface area contributed by atoms with E-state index < -0.39 is 0 Å². The first kappa shape index (κ1) is 14.9. The van der Waals surface area contributed by atoms with Gasteiger partial charge in [0.05, 0.1) is 12.3 Å². The third-order valence-corrected chi connectivity index (χ3v) is 3.33. The second-order valence-corrected chi connectivity index (χ2v) is 4.73. The van der Waals surface area contributed by atoms with Gasteiger partial charge >= 0.3 is 0 Å². The number of nitrogens with zero attached hydrogens (tertiary/aromatic N) is 1. The molecule has 1 heterocycles. The van der Waals surface area contributed by atoms with Crippen molar-refractivity contribution >= 4 is 5.91 Å². The van der Waals surface area contributed by atoms with Crippen molar-refractivity contribution < 1.29 is 13.9 Å². The zero-order chi connectivity index (χ0) is 15.2. The van der Waals surface area contributed by atoms with Crippen molar-refractivity contribution in [3.8, 4) is 5.75 Å². The van der Waals surface area contributed by atoms with E-state index in [9.17, 15) is 4.79 Å². The lowest BCUT2D eigenvalue weighted by atomic mass is 10.1. The number of furan rings is 1. The summed E-state index contributed by atoms with van der Waals surface area (Å²) in [6.07, 6.45) is 3.29. The largest absolute Gasteiger partial charge is 0.490 e. The molecule has 1 atom stereocenters. The molecule has 0 unspecified atom stereocenters. The lowest BCUT2D eigenvalue weighted by Crippen LogP contribution is -2.29. The van der Waals surface area contributed by atoms with Gasteiger partial charge in [0.25, 0.3) is 5.91 Å². The molecule has 0 N–H and O–H groups in total. The summed E-state index contributed by atoms with van der Waals surface area (Å²) in [5, 5.41) is 0. The molecule has 21 heavy (non-hydrogen) atoms. The van der Waals surface area contributed by atoms with E-state index in [2.05, 4.69) is 6.58 Å². The number of hydrogen-bond acceptors (Lipinski definition) is 3. The van der Waals surface area contributed by atoms with Crippen molar-refractivity contribution in [2.24, 2.45) is 0 Å². The van der Waals surface area contributed by atoms with Gasteiger partial charge in [-0.1, -0.05) is 12.7 Å². The number of ether oxygens (including phenoxy) is 1. The van der Waals surface area contributed by atoms with E-state index in [1.807, 2.05) is 19.1 Å². The normalized spacial score (nSPS) is 11.7. The Morgan fingerprint density at radius 3 is 2.67 bits per heavy atom. The molecule has 4 heteroatoms. The highest BCUT2D eigenvalue weighted by atomic mass is 16.5. The fourth-order valence-corrected chi connectivity index (χ4v) is 1.95. The monoisotopic (exact) mass is 285 g/mol. The van der Waals surface area contributed by atoms with Crippen LogP contribution in [0.4, 0.5) is 0 Å². The Morgan fingerprint density at radius 1 is 1.38 bits per heavy atom. The van der Waals surface area contributed by atoms with Gasteiger partial charge in [-0.2, -0.15) is 0 Å². The fourth-order valence-electron chi connectivity index (χ4n) is 1.95. The van der Waals surface area contributed by atoms with E-state index in [0.29, 0.717) is 17.9 Å². The summed E-state index contributed by atoms with van der Waals surface area (Å²) in [4.78, 5) is 14.1. The van der Waals surface area contributed by atoms with Crippen LogP contribution in [0.5, 0.6) is 5.75 Å². The summed E-state index contributed by atoms with van der Waals surface area (Å²) in [6, 6.07) is 10.6. The van der Waals surface area contributed by atoms with E-state index in [1.54, 1.807) is 48.6 Å². The topological polar surface area (TPSA) is 42.7 Å². The Morgan fingerprint density at radius 2 is 2.10 bits per heavy atom. The lowest BCUT2D eigenvalue weighted by Gasteiger charge is -2.23. The summed E-state index contributed by atoms with van der Waals surface area (Å²) in [5.41, 5.74) is 0.613. The van der Waals surface area contributed by atoms with Gasteiger partial charge in [0, 0.05) is 12.6 Å². The Labute approximate surface area is 124 Å². The molecule has 0 spiro atoms. The minimum absolute atomic E-state index is 0.0610. The van der Waals surface area contributed by atoms with Gasteiger partial charge in [-0.05, 0) is 43.3 Å². The summed E-state index contributed by atoms with van der Waals surface area (Å²) in [6.45, 7) is 5.97. The average molecular weight is 285 g/mol. The van der Waals surface area contributed by atoms with Gasteiger partial charge in [-0.25, -0.2) is 0 Å². The number of hydrogen-bond donors (Lipinski definition) is 0. The summed E-state index contributed by atoms with van der Waals surface area (Å²) in [5.74, 6) is 1.42. The molecule has 0 aliphatic heterocycles. The molecular weight excluding hydrogens is 266 g/mol. The van der Waals surface area contributed by atoms with Gasteiger partial charge in [-0.3, -0.25) is 4.79 Å². The third-order valence-electron chi connectivity index (χ3n) is 3.33. The number of benzene rings is 1. The van der Waals surface area contributed by atoms with E-state index in [4.69, 9.17) is 9.15 Å². The lowest BCUT2D eigenvalue weighted by molar-refractivity contribution is 0.0726. The maximum atomic E-state index is 12.4. The molecule has 1 aromatic carbocycles. The number of amides is 1. The van der Waals surface area contributed by atoms with Crippen LogP contribution >= 0.6 is 0 Å². The van der Waals surface area contributed by atoms with Crippen LogP contribution in [0.1, 0.15) is 29.1 Å². The van der Waals surface area contributed by atoms with Gasteiger partial charge in [0.1, 0.15) is 18.1 Å². The van der Waals surface area contributed by atoms with Crippen molar-refractivity contribution in [2.75, 3.05) is 13.7 Å². The molecule has 0 fully saturated rings. The minimum atomic E-state index is -0.121. The first-order valence-electron chi connectivity index (χ1n) is 6.78. The number of carbonyl (C=O) groups is 1. The number of rotatable bonds is 6. The molecule has 0 saturated heterocycles. The first-order valence-corrected chi connectivity index (χ1v) is 6.78. The molecule has 0 radical (unpaired) electrons. The molecule has 110 valence electrons. The van der Waals surface area contributed by atoms with E-state index in [-0.39, 0.29) is 11.9 Å². The SMILES string of the molecule is C=CCOc1ccc(C(=O)N(C)[C@@H](C)c2ccco2)cc1. The molecular formula is C17H19NO3. The molecule has 0 saturated carbocycles. The highest BCUT2D eigenvalue weighted by molar-refractivity contribution is 5.94. The second kappa shape index (κ2) is 6.79. The van der Waals surface area contributed by atoms with Crippen LogP contribution in [0.2, 0.25) is 0 Å². The molecule has 1 aromatic heterocycles. The Kier molecular flexibility index (Phi) is 4.82. The van der Waals surface area contributed by atoms with Crippen molar-refractivity contribution in [1.82, 2.24) is 4.90 Å². The van der Waals surface area contributed by atoms with Crippen LogP contribution < -0.4 is 4.74 Å². The van der Waals surface area contributed by atoms with Crippen molar-refractivity contribution in [3.63, 3.8) is 0 Å². The highest BCUT2D eigenvalue weighted by Crippen LogP contribution is 2.22. The van der Waals surface area contributed by atoms with Gasteiger partial charge in [-0.15, -0.1) is 0 Å². The van der Waals surface area contributed by atoms with Crippen LogP contribution in [0.25, 0.3) is 0 Å². The van der Waals surface area contributed by atoms with Crippen LogP contribution in [-0.2, 0) is 0 Å². The maximum Gasteiger partial charge on any atom is 0.254 e. The standard InChI is InChI=1S/C17H19NO3/c1-4-11-20-15-9-7-14(8-10-15)17(19)18(3)13(2)16-6-5-12-21-16/h4-10,12-13H,1,11H2,2-3H3/t13-/m0/s1. The molecule has 0 aliphatic rings. The molecule has 2 rings (SSSR count). The van der Waals surface area contributed by atoms with Crippen molar-refractivity contribution in [2.45, 2.75) is 13.0 Å². The minimum Gasteiger partial charge on any atom is -0.490 e. The highest BCUT2D eigenvalue weighted by Gasteiger charge is 2.20. The van der Waals surface area contributed by atoms with Crippen molar-refractivity contribution in [3.05, 3.63) is 66.6 Å². The van der Waals surface area contributed by atoms with Crippen LogP contribution in [-0.4, -0.2) is 24.5 Å². The Hall–Kier alpha value is -2.49. The van der Waals surface area contributed by atoms with Crippen LogP contribution in [0, 0.1) is 0 Å². The van der Waals surface area contributed by atoms with Crippen molar-refractivity contribution in [1.29, 1.82) is 0 Å². The Balaban J connectivity index is 2.06. The predicted molar refractivity (Wildman–Crippen MR) is 81.4 cm³/mol. The first-order chi connectivity index (χ1) is 10.1. The fraction of sp³-hybridized carbons (Fsp3) is 0.235. The zero-order valence-corrected chi connectivity index (χ0v) is 12.3. The number of carbonyl (C=O) groups excluding carboxylic acids is 1. The van der Waals surface area contributed by atoms with Gasteiger partial charge in [0.2, 0.25) is 0 Å². The summed E-state index contributed by atoms with van der Waals surface area (Å²) in [7, 11) is 1.76. The summed E-state index contributed by atoms with van der Waals surface area (Å²) >= 11 is 0. The third kappa shape index (κ3) is 3.54. The average Bonchev–Trinajstić information content (AvgIpc) is 3.05. The zero-order valence-electron chi connectivity index (χ0n) is 12.3. The van der Waals surface area contributed by atoms with Gasteiger partial charge in [0.15, 0.2) is 0 Å². The maximum absolute atomic E-state index is 12.4. The molecule has 4 nitrogen and oxygen atoms in total. The van der Waals surface area contributed by atoms with E-state index in [1.165, 1.54) is 0 Å². The van der Waals surface area contributed by atoms with Gasteiger partial charge < -0.3 is 14.1 Å². The summed E-state index contributed by atoms with van der Waals surface area (Å²) < 4.78 is 10.7. The predicted octanol–water partition coefficient (Wildman–Crippen LogP) is 3.68. The van der Waals surface area contributed by atoms with Crippen LogP contribution in [0.3, 0.4) is 0 Å². The molecule has 0 bridgehead atoms. The Bertz CT molecular complexity index is 587. The quantitative estimate of drug-likeness (QED) is 0.760. The second-order valence-electron chi connectivity index (χ2n) is 4.73. The molecule has 1 amide bonds.